The zero-order chi connectivity index (χ0) is 22.5. The van der Waals surface area contributed by atoms with Gasteiger partial charge in [0.05, 0.1) is 28.7 Å². The fourth-order valence-electron chi connectivity index (χ4n) is 4.16. The van der Waals surface area contributed by atoms with Gasteiger partial charge in [-0.3, -0.25) is 4.79 Å². The SMILES string of the molecule is CC(C)n1ccnc1-c1cccc(-c2coc3ccc(-n4cnc(C5CC5)c4)cc3c2=O)n1. The first kappa shape index (κ1) is 19.7. The van der Waals surface area contributed by atoms with Crippen LogP contribution in [0, 0.1) is 0 Å². The van der Waals surface area contributed by atoms with E-state index in [2.05, 4.69) is 28.4 Å². The lowest BCUT2D eigenvalue weighted by Crippen LogP contribution is -2.07. The van der Waals surface area contributed by atoms with E-state index in [1.165, 1.54) is 19.1 Å². The standard InChI is InChI=1S/C26H23N5O2/c1-16(2)31-11-10-27-26(31)22-5-3-4-21(29-22)20-14-33-24-9-8-18(12-19(24)25(20)32)30-13-23(28-15-30)17-6-7-17/h3-5,8-17H,6-7H2,1-2H3. The number of pyridine rings is 1. The lowest BCUT2D eigenvalue weighted by atomic mass is 10.1. The second-order valence-electron chi connectivity index (χ2n) is 8.80. The van der Waals surface area contributed by atoms with E-state index in [0.717, 1.165) is 17.2 Å². The fourth-order valence-corrected chi connectivity index (χ4v) is 4.16. The number of nitrogens with zero attached hydrogens (tertiary/aromatic N) is 5. The molecule has 1 aliphatic carbocycles. The van der Waals surface area contributed by atoms with Gasteiger partial charge in [0.15, 0.2) is 5.82 Å². The van der Waals surface area contributed by atoms with Gasteiger partial charge < -0.3 is 13.6 Å². The summed E-state index contributed by atoms with van der Waals surface area (Å²) >= 11 is 0. The number of aromatic nitrogens is 5. The van der Waals surface area contributed by atoms with E-state index in [4.69, 9.17) is 9.40 Å². The second-order valence-corrected chi connectivity index (χ2v) is 8.80. The van der Waals surface area contributed by atoms with E-state index in [1.807, 2.05) is 59.7 Å². The van der Waals surface area contributed by atoms with Gasteiger partial charge in [-0.05, 0) is 57.0 Å². The molecule has 164 valence electrons. The molecule has 7 nitrogen and oxygen atoms in total. The third-order valence-electron chi connectivity index (χ3n) is 6.13. The van der Waals surface area contributed by atoms with Crippen LogP contribution in [0.3, 0.4) is 0 Å². The summed E-state index contributed by atoms with van der Waals surface area (Å²) in [5.74, 6) is 1.35. The lowest BCUT2D eigenvalue weighted by molar-refractivity contribution is 0.603. The molecule has 1 aliphatic rings. The molecular weight excluding hydrogens is 414 g/mol. The van der Waals surface area contributed by atoms with Crippen molar-refractivity contribution in [2.24, 2.45) is 0 Å². The summed E-state index contributed by atoms with van der Waals surface area (Å²) in [5.41, 5.74) is 4.12. The van der Waals surface area contributed by atoms with Crippen molar-refractivity contribution in [3.8, 4) is 28.5 Å². The minimum absolute atomic E-state index is 0.113. The maximum absolute atomic E-state index is 13.5. The van der Waals surface area contributed by atoms with E-state index in [0.29, 0.717) is 33.8 Å². The van der Waals surface area contributed by atoms with Crippen molar-refractivity contribution in [1.82, 2.24) is 24.1 Å². The van der Waals surface area contributed by atoms with Gasteiger partial charge in [-0.1, -0.05) is 6.07 Å². The van der Waals surface area contributed by atoms with Gasteiger partial charge in [0.1, 0.15) is 17.5 Å². The molecule has 0 bridgehead atoms. The van der Waals surface area contributed by atoms with Crippen LogP contribution in [0.5, 0.6) is 0 Å². The summed E-state index contributed by atoms with van der Waals surface area (Å²) in [5, 5.41) is 0.516. The van der Waals surface area contributed by atoms with Gasteiger partial charge in [0.2, 0.25) is 5.43 Å². The van der Waals surface area contributed by atoms with E-state index in [9.17, 15) is 4.79 Å². The Balaban J connectivity index is 1.43. The van der Waals surface area contributed by atoms with Crippen molar-refractivity contribution >= 4 is 11.0 Å². The number of hydrogen-bond donors (Lipinski definition) is 0. The maximum Gasteiger partial charge on any atom is 0.202 e. The van der Waals surface area contributed by atoms with Gasteiger partial charge in [0.25, 0.3) is 0 Å². The number of imidazole rings is 2. The minimum atomic E-state index is -0.113. The van der Waals surface area contributed by atoms with Crippen LogP contribution in [0.25, 0.3) is 39.4 Å². The molecule has 6 rings (SSSR count). The molecule has 0 unspecified atom stereocenters. The molecule has 1 fully saturated rings. The summed E-state index contributed by atoms with van der Waals surface area (Å²) in [6, 6.07) is 11.5. The molecule has 1 aromatic carbocycles. The van der Waals surface area contributed by atoms with Gasteiger partial charge in [0, 0.05) is 36.2 Å². The third kappa shape index (κ3) is 3.46. The Morgan fingerprint density at radius 2 is 1.94 bits per heavy atom. The Labute approximate surface area is 190 Å². The maximum atomic E-state index is 13.5. The molecular formula is C26H23N5O2. The average Bonchev–Trinajstić information content (AvgIpc) is 3.34. The molecule has 4 heterocycles. The van der Waals surface area contributed by atoms with Gasteiger partial charge in [-0.15, -0.1) is 0 Å². The normalized spacial score (nSPS) is 13.8. The van der Waals surface area contributed by atoms with Crippen LogP contribution in [-0.4, -0.2) is 24.1 Å². The Hall–Kier alpha value is -4.00. The predicted octanol–water partition coefficient (Wildman–Crippen LogP) is 5.36. The average molecular weight is 438 g/mol. The summed E-state index contributed by atoms with van der Waals surface area (Å²) in [7, 11) is 0. The molecule has 4 aromatic heterocycles. The van der Waals surface area contributed by atoms with Crippen LogP contribution >= 0.6 is 0 Å². The van der Waals surface area contributed by atoms with Crippen molar-refractivity contribution in [2.75, 3.05) is 0 Å². The highest BCUT2D eigenvalue weighted by Gasteiger charge is 2.26. The lowest BCUT2D eigenvalue weighted by Gasteiger charge is -2.11. The molecule has 0 radical (unpaired) electrons. The minimum Gasteiger partial charge on any atom is -0.463 e. The van der Waals surface area contributed by atoms with Crippen LogP contribution in [0.1, 0.15) is 44.3 Å². The number of hydrogen-bond acceptors (Lipinski definition) is 5. The van der Waals surface area contributed by atoms with Crippen molar-refractivity contribution in [3.63, 3.8) is 0 Å². The molecule has 5 aromatic rings. The van der Waals surface area contributed by atoms with Gasteiger partial charge in [-0.2, -0.15) is 0 Å². The van der Waals surface area contributed by atoms with E-state index >= 15 is 0 Å². The number of rotatable bonds is 5. The monoisotopic (exact) mass is 437 g/mol. The highest BCUT2D eigenvalue weighted by molar-refractivity contribution is 5.83. The quantitative estimate of drug-likeness (QED) is 0.370. The summed E-state index contributed by atoms with van der Waals surface area (Å²) in [6.45, 7) is 4.19. The van der Waals surface area contributed by atoms with Crippen LogP contribution in [-0.2, 0) is 0 Å². The molecule has 1 saturated carbocycles. The van der Waals surface area contributed by atoms with Crippen molar-refractivity contribution in [3.05, 3.63) is 83.5 Å². The number of benzene rings is 1. The van der Waals surface area contributed by atoms with E-state index < -0.39 is 0 Å². The van der Waals surface area contributed by atoms with Crippen LogP contribution in [0.4, 0.5) is 0 Å². The Bertz CT molecular complexity index is 1540. The largest absolute Gasteiger partial charge is 0.463 e. The Morgan fingerprint density at radius 1 is 1.09 bits per heavy atom. The Kier molecular flexibility index (Phi) is 4.50. The molecule has 0 saturated heterocycles. The highest BCUT2D eigenvalue weighted by atomic mass is 16.3. The Morgan fingerprint density at radius 3 is 2.76 bits per heavy atom. The van der Waals surface area contributed by atoms with Gasteiger partial charge in [-0.25, -0.2) is 15.0 Å². The first-order valence-corrected chi connectivity index (χ1v) is 11.2. The van der Waals surface area contributed by atoms with Crippen LogP contribution in [0.15, 0.2) is 76.8 Å². The van der Waals surface area contributed by atoms with Crippen LogP contribution < -0.4 is 5.43 Å². The molecule has 7 heteroatoms. The van der Waals surface area contributed by atoms with Crippen molar-refractivity contribution in [2.45, 2.75) is 38.6 Å². The van der Waals surface area contributed by atoms with Gasteiger partial charge >= 0.3 is 0 Å². The van der Waals surface area contributed by atoms with E-state index in [1.54, 1.807) is 6.20 Å². The summed E-state index contributed by atoms with van der Waals surface area (Å²) < 4.78 is 9.85. The molecule has 0 atom stereocenters. The molecule has 0 amide bonds. The summed E-state index contributed by atoms with van der Waals surface area (Å²) in [6.07, 6.45) is 11.4. The van der Waals surface area contributed by atoms with Crippen molar-refractivity contribution in [1.29, 1.82) is 0 Å². The highest BCUT2D eigenvalue weighted by Crippen LogP contribution is 2.39. The fraction of sp³-hybridized carbons (Fsp3) is 0.231. The van der Waals surface area contributed by atoms with Crippen LogP contribution in [0.2, 0.25) is 0 Å². The second kappa shape index (κ2) is 7.55. The smallest absolute Gasteiger partial charge is 0.202 e. The molecule has 0 aliphatic heterocycles. The third-order valence-corrected chi connectivity index (χ3v) is 6.13. The first-order valence-electron chi connectivity index (χ1n) is 11.2. The topological polar surface area (TPSA) is 78.7 Å². The van der Waals surface area contributed by atoms with Crippen molar-refractivity contribution < 1.29 is 4.42 Å². The molecule has 0 N–H and O–H groups in total. The zero-order valence-electron chi connectivity index (χ0n) is 18.5. The molecule has 0 spiro atoms. The zero-order valence-corrected chi connectivity index (χ0v) is 18.5. The molecule has 33 heavy (non-hydrogen) atoms. The number of fused-ring (bicyclic) bond motifs is 1. The van der Waals surface area contributed by atoms with E-state index in [-0.39, 0.29) is 11.5 Å². The first-order chi connectivity index (χ1) is 16.1. The summed E-state index contributed by atoms with van der Waals surface area (Å²) in [4.78, 5) is 27.2. The predicted molar refractivity (Wildman–Crippen MR) is 126 cm³/mol.